The van der Waals surface area contributed by atoms with Gasteiger partial charge in [0.25, 0.3) is 5.91 Å². The fourth-order valence-electron chi connectivity index (χ4n) is 1.93. The summed E-state index contributed by atoms with van der Waals surface area (Å²) in [6, 6.07) is 12.4. The summed E-state index contributed by atoms with van der Waals surface area (Å²) in [5, 5.41) is 3.33. The van der Waals surface area contributed by atoms with Gasteiger partial charge in [-0.2, -0.15) is 0 Å². The number of carbonyl (C=O) groups excluding carboxylic acids is 1. The zero-order valence-corrected chi connectivity index (χ0v) is 12.1. The number of carbonyl (C=O) groups is 1. The largest absolute Gasteiger partial charge is 0.497 e. The van der Waals surface area contributed by atoms with Crippen molar-refractivity contribution in [2.75, 3.05) is 18.2 Å². The quantitative estimate of drug-likeness (QED) is 0.728. The third kappa shape index (κ3) is 2.80. The highest BCUT2D eigenvalue weighted by molar-refractivity contribution is 7.22. The van der Waals surface area contributed by atoms with Crippen molar-refractivity contribution in [3.63, 3.8) is 0 Å². The minimum absolute atomic E-state index is 0.228. The van der Waals surface area contributed by atoms with Crippen LogP contribution in [0.5, 0.6) is 5.75 Å². The number of hydrogen-bond acceptors (Lipinski definition) is 5. The van der Waals surface area contributed by atoms with Gasteiger partial charge in [-0.05, 0) is 36.4 Å². The lowest BCUT2D eigenvalue weighted by atomic mass is 10.2. The van der Waals surface area contributed by atoms with Gasteiger partial charge in [-0.1, -0.05) is 17.4 Å². The average Bonchev–Trinajstić information content (AvgIpc) is 2.88. The summed E-state index contributed by atoms with van der Waals surface area (Å²) in [5.74, 6) is 0.535. The fraction of sp³-hybridized carbons (Fsp3) is 0.0667. The molecule has 6 heteroatoms. The van der Waals surface area contributed by atoms with E-state index in [0.717, 1.165) is 16.0 Å². The highest BCUT2D eigenvalue weighted by Gasteiger charge is 2.10. The van der Waals surface area contributed by atoms with E-state index in [9.17, 15) is 4.79 Å². The van der Waals surface area contributed by atoms with E-state index in [4.69, 9.17) is 10.5 Å². The van der Waals surface area contributed by atoms with Crippen LogP contribution in [0.3, 0.4) is 0 Å². The first-order valence-corrected chi connectivity index (χ1v) is 7.09. The Balaban J connectivity index is 1.86. The van der Waals surface area contributed by atoms with Crippen molar-refractivity contribution >= 4 is 38.3 Å². The average molecular weight is 299 g/mol. The zero-order chi connectivity index (χ0) is 14.8. The number of amides is 1. The van der Waals surface area contributed by atoms with Crippen LogP contribution in [0.2, 0.25) is 0 Å². The second kappa shape index (κ2) is 5.41. The van der Waals surface area contributed by atoms with Crippen molar-refractivity contribution in [2.24, 2.45) is 0 Å². The molecular weight excluding hydrogens is 286 g/mol. The first-order chi connectivity index (χ1) is 10.2. The normalized spacial score (nSPS) is 10.5. The van der Waals surface area contributed by atoms with E-state index < -0.39 is 0 Å². The van der Waals surface area contributed by atoms with Crippen LogP contribution in [-0.4, -0.2) is 18.0 Å². The Morgan fingerprint density at radius 1 is 1.29 bits per heavy atom. The summed E-state index contributed by atoms with van der Waals surface area (Å²) in [7, 11) is 1.62. The number of thiazole rings is 1. The van der Waals surface area contributed by atoms with E-state index in [1.54, 1.807) is 31.4 Å². The number of nitrogens with two attached hydrogens (primary N) is 1. The summed E-state index contributed by atoms with van der Waals surface area (Å²) in [6.45, 7) is 0. The Kier molecular flexibility index (Phi) is 3.45. The fourth-order valence-corrected chi connectivity index (χ4v) is 2.82. The number of nitrogen functional groups attached to an aromatic ring is 1. The maximum Gasteiger partial charge on any atom is 0.257 e. The van der Waals surface area contributed by atoms with Gasteiger partial charge >= 0.3 is 0 Å². The molecule has 106 valence electrons. The number of hydrogen-bond donors (Lipinski definition) is 2. The van der Waals surface area contributed by atoms with Gasteiger partial charge in [0.1, 0.15) is 5.75 Å². The number of nitrogens with one attached hydrogen (secondary N) is 1. The van der Waals surface area contributed by atoms with E-state index >= 15 is 0 Å². The lowest BCUT2D eigenvalue weighted by Gasteiger charge is -2.02. The Morgan fingerprint density at radius 3 is 2.90 bits per heavy atom. The van der Waals surface area contributed by atoms with Gasteiger partial charge in [-0.15, -0.1) is 0 Å². The zero-order valence-electron chi connectivity index (χ0n) is 11.3. The van der Waals surface area contributed by atoms with Gasteiger partial charge in [-0.25, -0.2) is 4.98 Å². The number of aromatic nitrogens is 1. The number of nitrogens with zero attached hydrogens (tertiary/aromatic N) is 1. The van der Waals surface area contributed by atoms with Crippen molar-refractivity contribution in [3.05, 3.63) is 48.0 Å². The Morgan fingerprint density at radius 2 is 2.14 bits per heavy atom. The first-order valence-electron chi connectivity index (χ1n) is 6.27. The number of ether oxygens (including phenoxy) is 1. The number of fused-ring (bicyclic) bond motifs is 1. The van der Waals surface area contributed by atoms with Crippen molar-refractivity contribution in [3.8, 4) is 5.75 Å². The third-order valence-corrected chi connectivity index (χ3v) is 3.90. The molecular formula is C15H13N3O2S. The van der Waals surface area contributed by atoms with Gasteiger partial charge in [0.15, 0.2) is 5.13 Å². The van der Waals surface area contributed by atoms with E-state index in [2.05, 4.69) is 10.3 Å². The molecule has 2 aromatic carbocycles. The molecule has 3 N–H and O–H groups in total. The molecule has 0 spiro atoms. The molecule has 0 aliphatic rings. The molecule has 0 aliphatic heterocycles. The molecule has 1 aromatic heterocycles. The minimum Gasteiger partial charge on any atom is -0.497 e. The van der Waals surface area contributed by atoms with Gasteiger partial charge in [0.05, 0.1) is 17.3 Å². The Hall–Kier alpha value is -2.60. The Bertz CT molecular complexity index is 814. The topological polar surface area (TPSA) is 77.2 Å². The van der Waals surface area contributed by atoms with Crippen LogP contribution in [0.4, 0.5) is 10.8 Å². The molecule has 0 aliphatic carbocycles. The maximum atomic E-state index is 12.1. The predicted molar refractivity (Wildman–Crippen MR) is 85.0 cm³/mol. The highest BCUT2D eigenvalue weighted by atomic mass is 32.1. The number of methoxy groups -OCH3 is 1. The summed E-state index contributed by atoms with van der Waals surface area (Å²) in [4.78, 5) is 16.5. The molecule has 0 bridgehead atoms. The summed E-state index contributed by atoms with van der Waals surface area (Å²) < 4.78 is 6.13. The summed E-state index contributed by atoms with van der Waals surface area (Å²) in [5.41, 5.74) is 7.56. The second-order valence-corrected chi connectivity index (χ2v) is 5.46. The van der Waals surface area contributed by atoms with E-state index in [1.807, 2.05) is 18.2 Å². The molecule has 0 saturated heterocycles. The number of anilines is 2. The third-order valence-electron chi connectivity index (χ3n) is 2.96. The molecule has 0 unspecified atom stereocenters. The summed E-state index contributed by atoms with van der Waals surface area (Å²) >= 11 is 1.40. The van der Waals surface area contributed by atoms with Crippen LogP contribution in [0.15, 0.2) is 42.5 Å². The summed E-state index contributed by atoms with van der Waals surface area (Å²) in [6.07, 6.45) is 0. The van der Waals surface area contributed by atoms with Gasteiger partial charge in [0, 0.05) is 11.3 Å². The molecule has 0 saturated carbocycles. The standard InChI is InChI=1S/C15H13N3O2S/c1-20-11-5-6-12-13(8-11)21-15(17-12)18-14(19)9-3-2-4-10(16)7-9/h2-8H,16H2,1H3,(H,17,18,19). The van der Waals surface area contributed by atoms with Crippen molar-refractivity contribution < 1.29 is 9.53 Å². The first kappa shape index (κ1) is 13.4. The van der Waals surface area contributed by atoms with Crippen LogP contribution in [0.1, 0.15) is 10.4 Å². The van der Waals surface area contributed by atoms with Gasteiger partial charge in [-0.3, -0.25) is 10.1 Å². The van der Waals surface area contributed by atoms with Crippen molar-refractivity contribution in [1.29, 1.82) is 0 Å². The lowest BCUT2D eigenvalue weighted by molar-refractivity contribution is 0.102. The molecule has 0 atom stereocenters. The SMILES string of the molecule is COc1ccc2nc(NC(=O)c3cccc(N)c3)sc2c1. The van der Waals surface area contributed by atoms with Gasteiger partial charge in [0.2, 0.25) is 0 Å². The van der Waals surface area contributed by atoms with E-state index in [0.29, 0.717) is 16.4 Å². The molecule has 3 aromatic rings. The van der Waals surface area contributed by atoms with Crippen molar-refractivity contribution in [2.45, 2.75) is 0 Å². The maximum absolute atomic E-state index is 12.1. The molecule has 5 nitrogen and oxygen atoms in total. The predicted octanol–water partition coefficient (Wildman–Crippen LogP) is 3.14. The van der Waals surface area contributed by atoms with E-state index in [1.165, 1.54) is 11.3 Å². The van der Waals surface area contributed by atoms with E-state index in [-0.39, 0.29) is 5.91 Å². The van der Waals surface area contributed by atoms with Crippen LogP contribution in [0, 0.1) is 0 Å². The molecule has 0 fully saturated rings. The highest BCUT2D eigenvalue weighted by Crippen LogP contribution is 2.29. The number of rotatable bonds is 3. The molecule has 1 amide bonds. The second-order valence-electron chi connectivity index (χ2n) is 4.43. The van der Waals surface area contributed by atoms with Crippen LogP contribution >= 0.6 is 11.3 Å². The van der Waals surface area contributed by atoms with Crippen LogP contribution in [-0.2, 0) is 0 Å². The molecule has 21 heavy (non-hydrogen) atoms. The smallest absolute Gasteiger partial charge is 0.257 e. The lowest BCUT2D eigenvalue weighted by Crippen LogP contribution is -2.11. The molecule has 3 rings (SSSR count). The van der Waals surface area contributed by atoms with Crippen molar-refractivity contribution in [1.82, 2.24) is 4.98 Å². The Labute approximate surface area is 125 Å². The monoisotopic (exact) mass is 299 g/mol. The molecule has 0 radical (unpaired) electrons. The minimum atomic E-state index is -0.228. The number of benzene rings is 2. The van der Waals surface area contributed by atoms with Crippen LogP contribution < -0.4 is 15.8 Å². The van der Waals surface area contributed by atoms with Crippen LogP contribution in [0.25, 0.3) is 10.2 Å². The van der Waals surface area contributed by atoms with Gasteiger partial charge < -0.3 is 10.5 Å². The molecule has 1 heterocycles.